The molecule has 0 atom stereocenters. The number of nitrogens with two attached hydrogens (primary N) is 1. The Labute approximate surface area is 142 Å². The van der Waals surface area contributed by atoms with Crippen LogP contribution >= 0.6 is 0 Å². The summed E-state index contributed by atoms with van der Waals surface area (Å²) in [5, 5.41) is 2.72. The molecule has 5 nitrogen and oxygen atoms in total. The molecule has 24 heavy (non-hydrogen) atoms. The molecule has 0 heterocycles. The highest BCUT2D eigenvalue weighted by atomic mass is 16.6. The molecule has 0 aliphatic rings. The molecule has 0 fully saturated rings. The molecule has 128 valence electrons. The Balaban J connectivity index is 2.05. The number of methoxy groups -OCH3 is 1. The first-order valence-electron chi connectivity index (χ1n) is 7.78. The van der Waals surface area contributed by atoms with Gasteiger partial charge >= 0.3 is 6.09 Å². The summed E-state index contributed by atoms with van der Waals surface area (Å²) >= 11 is 0. The van der Waals surface area contributed by atoms with Crippen molar-refractivity contribution in [1.29, 1.82) is 0 Å². The second-order valence-corrected chi connectivity index (χ2v) is 6.51. The fourth-order valence-corrected chi connectivity index (χ4v) is 2.24. The molecule has 1 amide bonds. The van der Waals surface area contributed by atoms with E-state index in [1.807, 2.05) is 63.2 Å². The number of anilines is 1. The molecular formula is C19H24N2O3. The first kappa shape index (κ1) is 17.7. The zero-order valence-corrected chi connectivity index (χ0v) is 14.6. The Bertz CT molecular complexity index is 704. The van der Waals surface area contributed by atoms with Gasteiger partial charge < -0.3 is 20.5 Å². The van der Waals surface area contributed by atoms with Crippen molar-refractivity contribution >= 4 is 11.8 Å². The number of amides is 1. The van der Waals surface area contributed by atoms with Crippen molar-refractivity contribution in [1.82, 2.24) is 5.32 Å². The second kappa shape index (κ2) is 7.25. The zero-order valence-electron chi connectivity index (χ0n) is 14.6. The molecule has 0 unspecified atom stereocenters. The zero-order chi connectivity index (χ0) is 17.7. The summed E-state index contributed by atoms with van der Waals surface area (Å²) in [6, 6.07) is 13.5. The van der Waals surface area contributed by atoms with Crippen LogP contribution in [0.15, 0.2) is 42.5 Å². The van der Waals surface area contributed by atoms with Gasteiger partial charge in [0.15, 0.2) is 0 Å². The number of hydrogen-bond acceptors (Lipinski definition) is 4. The summed E-state index contributed by atoms with van der Waals surface area (Å²) in [5.74, 6) is 0.801. The van der Waals surface area contributed by atoms with E-state index in [-0.39, 0.29) is 0 Å². The van der Waals surface area contributed by atoms with Crippen LogP contribution in [0.25, 0.3) is 11.1 Å². The molecule has 2 rings (SSSR count). The molecule has 0 spiro atoms. The van der Waals surface area contributed by atoms with E-state index < -0.39 is 11.7 Å². The van der Waals surface area contributed by atoms with E-state index >= 15 is 0 Å². The lowest BCUT2D eigenvalue weighted by atomic mass is 10.0. The predicted molar refractivity (Wildman–Crippen MR) is 95.9 cm³/mol. The minimum absolute atomic E-state index is 0.363. The Hall–Kier alpha value is -2.69. The number of ether oxygens (including phenoxy) is 2. The maximum Gasteiger partial charge on any atom is 0.407 e. The van der Waals surface area contributed by atoms with Gasteiger partial charge in [-0.25, -0.2) is 4.79 Å². The number of nitrogen functional groups attached to an aromatic ring is 1. The molecular weight excluding hydrogens is 304 g/mol. The highest BCUT2D eigenvalue weighted by Crippen LogP contribution is 2.28. The summed E-state index contributed by atoms with van der Waals surface area (Å²) in [7, 11) is 1.63. The summed E-state index contributed by atoms with van der Waals surface area (Å²) < 4.78 is 10.4. The lowest BCUT2D eigenvalue weighted by Crippen LogP contribution is -2.32. The molecule has 5 heteroatoms. The van der Waals surface area contributed by atoms with E-state index in [1.54, 1.807) is 7.11 Å². The van der Waals surface area contributed by atoms with Crippen LogP contribution in [-0.4, -0.2) is 18.8 Å². The van der Waals surface area contributed by atoms with Crippen LogP contribution in [0.2, 0.25) is 0 Å². The maximum atomic E-state index is 11.7. The largest absolute Gasteiger partial charge is 0.497 e. The summed E-state index contributed by atoms with van der Waals surface area (Å²) in [6.45, 7) is 5.85. The van der Waals surface area contributed by atoms with Crippen LogP contribution in [-0.2, 0) is 11.3 Å². The average Bonchev–Trinajstić information content (AvgIpc) is 2.52. The van der Waals surface area contributed by atoms with Crippen LogP contribution < -0.4 is 15.8 Å². The lowest BCUT2D eigenvalue weighted by Gasteiger charge is -2.19. The number of nitrogens with one attached hydrogen (secondary N) is 1. The van der Waals surface area contributed by atoms with Crippen molar-refractivity contribution in [3.8, 4) is 16.9 Å². The van der Waals surface area contributed by atoms with Gasteiger partial charge in [0, 0.05) is 17.8 Å². The van der Waals surface area contributed by atoms with Gasteiger partial charge in [0.1, 0.15) is 11.4 Å². The van der Waals surface area contributed by atoms with Gasteiger partial charge in [0.25, 0.3) is 0 Å². The third-order valence-corrected chi connectivity index (χ3v) is 3.35. The van der Waals surface area contributed by atoms with E-state index in [9.17, 15) is 4.79 Å². The quantitative estimate of drug-likeness (QED) is 0.833. The van der Waals surface area contributed by atoms with Gasteiger partial charge in [-0.2, -0.15) is 0 Å². The van der Waals surface area contributed by atoms with Crippen LogP contribution in [0.4, 0.5) is 10.5 Å². The minimum atomic E-state index is -0.513. The lowest BCUT2D eigenvalue weighted by molar-refractivity contribution is 0.0523. The normalized spacial score (nSPS) is 11.0. The smallest absolute Gasteiger partial charge is 0.407 e. The topological polar surface area (TPSA) is 73.6 Å². The number of rotatable bonds is 4. The maximum absolute atomic E-state index is 11.7. The Morgan fingerprint density at radius 1 is 1.12 bits per heavy atom. The summed E-state index contributed by atoms with van der Waals surface area (Å²) in [6.07, 6.45) is -0.444. The average molecular weight is 328 g/mol. The summed E-state index contributed by atoms with van der Waals surface area (Å²) in [5.41, 5.74) is 9.17. The van der Waals surface area contributed by atoms with Crippen molar-refractivity contribution in [2.75, 3.05) is 12.8 Å². The van der Waals surface area contributed by atoms with Gasteiger partial charge in [-0.15, -0.1) is 0 Å². The molecule has 0 saturated carbocycles. The van der Waals surface area contributed by atoms with Crippen molar-refractivity contribution in [3.05, 3.63) is 48.0 Å². The molecule has 0 radical (unpaired) electrons. The minimum Gasteiger partial charge on any atom is -0.497 e. The molecule has 0 aromatic heterocycles. The molecule has 0 saturated heterocycles. The molecule has 2 aromatic carbocycles. The molecule has 0 aliphatic heterocycles. The van der Waals surface area contributed by atoms with E-state index in [4.69, 9.17) is 15.2 Å². The van der Waals surface area contributed by atoms with E-state index in [0.29, 0.717) is 12.2 Å². The first-order valence-corrected chi connectivity index (χ1v) is 7.78. The number of carbonyl (C=O) groups excluding carboxylic acids is 1. The van der Waals surface area contributed by atoms with Crippen LogP contribution in [0.5, 0.6) is 5.75 Å². The predicted octanol–water partition coefficient (Wildman–Crippen LogP) is 3.97. The highest BCUT2D eigenvalue weighted by molar-refractivity contribution is 5.77. The van der Waals surface area contributed by atoms with Crippen molar-refractivity contribution < 1.29 is 14.3 Å². The SMILES string of the molecule is COc1ccc(-c2ccc(CNC(=O)OC(C)(C)C)cc2N)cc1. The standard InChI is InChI=1S/C19H24N2O3/c1-19(2,3)24-18(22)21-12-13-5-10-16(17(20)11-13)14-6-8-15(23-4)9-7-14/h5-11H,12,20H2,1-4H3,(H,21,22). The van der Waals surface area contributed by atoms with Crippen molar-refractivity contribution in [2.45, 2.75) is 32.9 Å². The fraction of sp³-hybridized carbons (Fsp3) is 0.316. The van der Waals surface area contributed by atoms with Gasteiger partial charge in [0.05, 0.1) is 7.11 Å². The second-order valence-electron chi connectivity index (χ2n) is 6.51. The van der Waals surface area contributed by atoms with Gasteiger partial charge in [-0.05, 0) is 50.1 Å². The third-order valence-electron chi connectivity index (χ3n) is 3.35. The van der Waals surface area contributed by atoms with E-state index in [2.05, 4.69) is 5.32 Å². The molecule has 2 aromatic rings. The highest BCUT2D eigenvalue weighted by Gasteiger charge is 2.15. The molecule has 0 aliphatic carbocycles. The van der Waals surface area contributed by atoms with Crippen LogP contribution in [0.1, 0.15) is 26.3 Å². The number of alkyl carbamates (subject to hydrolysis) is 1. The van der Waals surface area contributed by atoms with Crippen molar-refractivity contribution in [2.24, 2.45) is 0 Å². The number of hydrogen-bond donors (Lipinski definition) is 2. The van der Waals surface area contributed by atoms with E-state index in [1.165, 1.54) is 0 Å². The summed E-state index contributed by atoms with van der Waals surface area (Å²) in [4.78, 5) is 11.7. The number of benzene rings is 2. The first-order chi connectivity index (χ1) is 11.3. The van der Waals surface area contributed by atoms with Crippen LogP contribution in [0, 0.1) is 0 Å². The molecule has 3 N–H and O–H groups in total. The number of carbonyl (C=O) groups is 1. The Morgan fingerprint density at radius 2 is 1.79 bits per heavy atom. The van der Waals surface area contributed by atoms with Gasteiger partial charge in [0.2, 0.25) is 0 Å². The third kappa shape index (κ3) is 4.91. The Kier molecular flexibility index (Phi) is 5.34. The van der Waals surface area contributed by atoms with Gasteiger partial charge in [-0.1, -0.05) is 24.3 Å². The van der Waals surface area contributed by atoms with Crippen molar-refractivity contribution in [3.63, 3.8) is 0 Å². The fourth-order valence-electron chi connectivity index (χ4n) is 2.24. The molecule has 0 bridgehead atoms. The van der Waals surface area contributed by atoms with Gasteiger partial charge in [-0.3, -0.25) is 0 Å². The Morgan fingerprint density at radius 3 is 2.33 bits per heavy atom. The monoisotopic (exact) mass is 328 g/mol. The van der Waals surface area contributed by atoms with Crippen LogP contribution in [0.3, 0.4) is 0 Å². The van der Waals surface area contributed by atoms with E-state index in [0.717, 1.165) is 22.4 Å².